The largest absolute Gasteiger partial charge is 0.442 e. The van der Waals surface area contributed by atoms with Crippen LogP contribution >= 0.6 is 0 Å². The van der Waals surface area contributed by atoms with Crippen molar-refractivity contribution in [3.8, 4) is 11.3 Å². The van der Waals surface area contributed by atoms with Gasteiger partial charge in [0.25, 0.3) is 0 Å². The molecule has 4 heterocycles. The minimum Gasteiger partial charge on any atom is -0.442 e. The summed E-state index contributed by atoms with van der Waals surface area (Å²) in [5, 5.41) is 4.94. The van der Waals surface area contributed by atoms with Crippen molar-refractivity contribution in [2.24, 2.45) is 10.9 Å². The van der Waals surface area contributed by atoms with Crippen LogP contribution in [0.5, 0.6) is 0 Å². The highest BCUT2D eigenvalue weighted by Gasteiger charge is 2.44. The van der Waals surface area contributed by atoms with Crippen LogP contribution < -0.4 is 15.1 Å². The van der Waals surface area contributed by atoms with Gasteiger partial charge in [0.2, 0.25) is 11.7 Å². The van der Waals surface area contributed by atoms with Crippen molar-refractivity contribution in [2.75, 3.05) is 6.54 Å². The molecule has 1 aromatic carbocycles. The Morgan fingerprint density at radius 3 is 2.56 bits per heavy atom. The van der Waals surface area contributed by atoms with Crippen molar-refractivity contribution < 1.29 is 9.30 Å². The molecular formula is C38H48N3OSi+. The third-order valence-electron chi connectivity index (χ3n) is 9.73. The van der Waals surface area contributed by atoms with Gasteiger partial charge in [0.1, 0.15) is 11.5 Å². The number of hydrogen-bond acceptors (Lipinski definition) is 3. The molecule has 4 aliphatic rings. The Bertz CT molecular complexity index is 1590. The predicted molar refractivity (Wildman–Crippen MR) is 182 cm³/mol. The first-order chi connectivity index (χ1) is 20.5. The number of hydrogen-bond donors (Lipinski definition) is 1. The number of nitrogens with zero attached hydrogens (tertiary/aromatic N) is 2. The number of ether oxygens (including phenoxy) is 1. The molecule has 224 valence electrons. The molecule has 1 aliphatic carbocycles. The molecule has 0 bridgehead atoms. The smallest absolute Gasteiger partial charge is 0.213 e. The zero-order chi connectivity index (χ0) is 30.5. The molecule has 6 rings (SSSR count). The van der Waals surface area contributed by atoms with Crippen LogP contribution in [0.2, 0.25) is 19.6 Å². The molecule has 5 heteroatoms. The number of aromatic nitrogens is 1. The van der Waals surface area contributed by atoms with Gasteiger partial charge in [-0.3, -0.25) is 0 Å². The maximum atomic E-state index is 6.02. The summed E-state index contributed by atoms with van der Waals surface area (Å²) in [7, 11) is -1.64. The van der Waals surface area contributed by atoms with Gasteiger partial charge in [0.15, 0.2) is 12.1 Å². The summed E-state index contributed by atoms with van der Waals surface area (Å²) in [6.07, 6.45) is 13.3. The van der Waals surface area contributed by atoms with Gasteiger partial charge in [0, 0.05) is 28.9 Å². The maximum absolute atomic E-state index is 6.02. The number of aliphatic imine (C=N–C) groups is 1. The van der Waals surface area contributed by atoms with Crippen molar-refractivity contribution in [2.45, 2.75) is 90.4 Å². The zero-order valence-electron chi connectivity index (χ0n) is 26.9. The summed E-state index contributed by atoms with van der Waals surface area (Å²) in [6.45, 7) is 25.5. The summed E-state index contributed by atoms with van der Waals surface area (Å²) in [5.41, 5.74) is 10.8. The predicted octanol–water partition coefficient (Wildman–Crippen LogP) is 8.17. The Morgan fingerprint density at radius 1 is 1.09 bits per heavy atom. The first kappa shape index (κ1) is 29.6. The van der Waals surface area contributed by atoms with E-state index in [2.05, 4.69) is 99.1 Å². The van der Waals surface area contributed by atoms with Crippen molar-refractivity contribution in [3.63, 3.8) is 0 Å². The van der Waals surface area contributed by atoms with E-state index >= 15 is 0 Å². The number of benzene rings is 1. The molecule has 2 atom stereocenters. The second kappa shape index (κ2) is 11.6. The van der Waals surface area contributed by atoms with E-state index in [1.807, 2.05) is 0 Å². The fourth-order valence-electron chi connectivity index (χ4n) is 7.80. The SMILES string of the molecule is C=C1NCC2=C(C(=C)O1)/C(C=C(C)C)=N\C(=C)C1C(CC2)c2ccccc2-c2cc(CC3CCCC3)c([Si](C)(C)C)c[n+]21. The molecule has 1 N–H and O–H groups in total. The summed E-state index contributed by atoms with van der Waals surface area (Å²) < 4.78 is 8.58. The molecule has 43 heavy (non-hydrogen) atoms. The van der Waals surface area contributed by atoms with Crippen LogP contribution in [-0.2, 0) is 11.2 Å². The normalized spacial score (nSPS) is 23.7. The van der Waals surface area contributed by atoms with Crippen LogP contribution in [0.4, 0.5) is 0 Å². The van der Waals surface area contributed by atoms with Crippen LogP contribution in [0.3, 0.4) is 0 Å². The molecule has 1 saturated carbocycles. The summed E-state index contributed by atoms with van der Waals surface area (Å²) >= 11 is 0. The summed E-state index contributed by atoms with van der Waals surface area (Å²) in [5.74, 6) is 2.19. The van der Waals surface area contributed by atoms with E-state index in [4.69, 9.17) is 16.3 Å². The molecule has 0 spiro atoms. The van der Waals surface area contributed by atoms with Crippen LogP contribution in [0.1, 0.15) is 75.5 Å². The van der Waals surface area contributed by atoms with Crippen molar-refractivity contribution >= 4 is 19.0 Å². The second-order valence-electron chi connectivity index (χ2n) is 14.3. The van der Waals surface area contributed by atoms with E-state index in [9.17, 15) is 0 Å². The summed E-state index contributed by atoms with van der Waals surface area (Å²) in [6, 6.07) is 11.7. The Hall–Kier alpha value is -3.44. The first-order valence-electron chi connectivity index (χ1n) is 16.1. The Morgan fingerprint density at radius 2 is 1.84 bits per heavy atom. The molecule has 2 aromatic rings. The highest BCUT2D eigenvalue weighted by Crippen LogP contribution is 2.46. The Balaban J connectivity index is 1.56. The molecule has 0 radical (unpaired) electrons. The lowest BCUT2D eigenvalue weighted by Crippen LogP contribution is -2.54. The molecular weight excluding hydrogens is 543 g/mol. The summed E-state index contributed by atoms with van der Waals surface area (Å²) in [4.78, 5) is 5.37. The fraction of sp³-hybridized carbons (Fsp3) is 0.421. The zero-order valence-corrected chi connectivity index (χ0v) is 27.9. The third kappa shape index (κ3) is 5.76. The number of allylic oxidation sites excluding steroid dienone is 4. The van der Waals surface area contributed by atoms with Gasteiger partial charge in [-0.2, -0.15) is 4.57 Å². The van der Waals surface area contributed by atoms with E-state index in [0.717, 1.165) is 35.7 Å². The monoisotopic (exact) mass is 590 g/mol. The van der Waals surface area contributed by atoms with Gasteiger partial charge < -0.3 is 10.1 Å². The van der Waals surface area contributed by atoms with Crippen LogP contribution in [0, 0.1) is 5.92 Å². The van der Waals surface area contributed by atoms with Gasteiger partial charge in [-0.1, -0.05) is 82.3 Å². The maximum Gasteiger partial charge on any atom is 0.213 e. The first-order valence-corrected chi connectivity index (χ1v) is 19.6. The molecule has 1 fully saturated rings. The number of fused-ring (bicyclic) bond motifs is 6. The van der Waals surface area contributed by atoms with Crippen LogP contribution in [-0.4, -0.2) is 20.3 Å². The van der Waals surface area contributed by atoms with E-state index in [1.165, 1.54) is 60.1 Å². The fourth-order valence-corrected chi connectivity index (χ4v) is 9.46. The Labute approximate surface area is 259 Å². The molecule has 1 aromatic heterocycles. The van der Waals surface area contributed by atoms with Gasteiger partial charge in [-0.05, 0) is 74.4 Å². The lowest BCUT2D eigenvalue weighted by atomic mass is 9.78. The average molecular weight is 591 g/mol. The highest BCUT2D eigenvalue weighted by atomic mass is 28.3. The minimum absolute atomic E-state index is 0.0294. The highest BCUT2D eigenvalue weighted by molar-refractivity contribution is 6.89. The molecule has 4 nitrogen and oxygen atoms in total. The second-order valence-corrected chi connectivity index (χ2v) is 19.3. The quantitative estimate of drug-likeness (QED) is 0.288. The molecule has 0 saturated heterocycles. The lowest BCUT2D eigenvalue weighted by molar-refractivity contribution is -0.708. The topological polar surface area (TPSA) is 37.5 Å². The van der Waals surface area contributed by atoms with Crippen molar-refractivity contribution in [1.29, 1.82) is 0 Å². The van der Waals surface area contributed by atoms with Crippen molar-refractivity contribution in [1.82, 2.24) is 5.32 Å². The minimum atomic E-state index is -1.64. The van der Waals surface area contributed by atoms with Gasteiger partial charge in [0.05, 0.1) is 19.7 Å². The molecule has 2 unspecified atom stereocenters. The van der Waals surface area contributed by atoms with E-state index in [-0.39, 0.29) is 12.0 Å². The van der Waals surface area contributed by atoms with Gasteiger partial charge in [-0.25, -0.2) is 4.99 Å². The van der Waals surface area contributed by atoms with Gasteiger partial charge in [-0.15, -0.1) is 0 Å². The van der Waals surface area contributed by atoms with Gasteiger partial charge >= 0.3 is 0 Å². The Kier molecular flexibility index (Phi) is 7.97. The van der Waals surface area contributed by atoms with Crippen molar-refractivity contribution in [3.05, 3.63) is 108 Å². The molecule has 0 amide bonds. The molecule has 3 aliphatic heterocycles. The van der Waals surface area contributed by atoms with Crippen LogP contribution in [0.25, 0.3) is 11.3 Å². The van der Waals surface area contributed by atoms with E-state index in [0.29, 0.717) is 18.2 Å². The van der Waals surface area contributed by atoms with E-state index in [1.54, 1.807) is 10.8 Å². The lowest BCUT2D eigenvalue weighted by Gasteiger charge is -2.32. The van der Waals surface area contributed by atoms with Crippen LogP contribution in [0.15, 0.2) is 101 Å². The number of nitrogens with one attached hydrogen (secondary N) is 1. The number of rotatable bonds is 4. The average Bonchev–Trinajstić information content (AvgIpc) is 3.41. The standard InChI is InChI=1S/C38H48N3OSi/c1-24(2)19-34-37-26(4)42-27(5)39-22-29(37)17-18-33-31-15-11-12-16-32(31)35-21-30(20-28-13-9-10-14-28)36(43(6,7)8)23-41(35)38(33)25(3)40-34/h11-12,15-16,19,21,23,28,33,38-39H,3-5,9-10,13-14,17-18,20,22H2,1-2,6-8H3/q+1/b40-34-. The number of pyridine rings is 1. The third-order valence-corrected chi connectivity index (χ3v) is 11.8. The van der Waals surface area contributed by atoms with E-state index < -0.39 is 8.07 Å².